The standard InChI is InChI=1S/C19H21ClN2O3/c1-12(13-5-4-6-14(20)11-13)21-17(23)9-10-22-18(24)15-7-2-3-8-16(15)19(22)25/h2-6,11-12,15-16H,7-10H2,1H3,(H,21,23). The normalized spacial score (nSPS) is 23.5. The first kappa shape index (κ1) is 17.7. The van der Waals surface area contributed by atoms with Crippen molar-refractivity contribution in [3.8, 4) is 0 Å². The lowest BCUT2D eigenvalue weighted by Gasteiger charge is -2.17. The minimum atomic E-state index is -0.244. The Bertz CT molecular complexity index is 705. The monoisotopic (exact) mass is 360 g/mol. The van der Waals surface area contributed by atoms with Crippen LogP contribution in [0.25, 0.3) is 0 Å². The third-order valence-electron chi connectivity index (χ3n) is 4.89. The first-order chi connectivity index (χ1) is 12.0. The molecule has 1 aromatic carbocycles. The van der Waals surface area contributed by atoms with Crippen LogP contribution in [-0.4, -0.2) is 29.2 Å². The van der Waals surface area contributed by atoms with Gasteiger partial charge in [-0.3, -0.25) is 19.3 Å². The molecular weight excluding hydrogens is 340 g/mol. The number of rotatable bonds is 5. The van der Waals surface area contributed by atoms with Crippen LogP contribution in [0, 0.1) is 11.8 Å². The van der Waals surface area contributed by atoms with Crippen LogP contribution >= 0.6 is 11.6 Å². The molecule has 1 aliphatic carbocycles. The fourth-order valence-electron chi connectivity index (χ4n) is 3.48. The number of nitrogens with zero attached hydrogens (tertiary/aromatic N) is 1. The van der Waals surface area contributed by atoms with E-state index < -0.39 is 0 Å². The zero-order chi connectivity index (χ0) is 18.0. The predicted octanol–water partition coefficient (Wildman–Crippen LogP) is 2.86. The van der Waals surface area contributed by atoms with E-state index in [0.717, 1.165) is 5.56 Å². The zero-order valence-corrected chi connectivity index (χ0v) is 14.8. The maximum atomic E-state index is 12.4. The highest BCUT2D eigenvalue weighted by Crippen LogP contribution is 2.35. The van der Waals surface area contributed by atoms with Crippen molar-refractivity contribution in [2.45, 2.75) is 32.2 Å². The summed E-state index contributed by atoms with van der Waals surface area (Å²) in [6, 6.07) is 7.11. The van der Waals surface area contributed by atoms with Gasteiger partial charge in [0.25, 0.3) is 0 Å². The maximum Gasteiger partial charge on any atom is 0.233 e. The molecule has 25 heavy (non-hydrogen) atoms. The summed E-state index contributed by atoms with van der Waals surface area (Å²) in [6.45, 7) is 2.01. The molecule has 1 fully saturated rings. The van der Waals surface area contributed by atoms with E-state index >= 15 is 0 Å². The fourth-order valence-corrected chi connectivity index (χ4v) is 3.67. The predicted molar refractivity (Wildman–Crippen MR) is 94.7 cm³/mol. The van der Waals surface area contributed by atoms with Crippen molar-refractivity contribution in [2.75, 3.05) is 6.54 Å². The van der Waals surface area contributed by atoms with Crippen molar-refractivity contribution in [3.05, 3.63) is 47.0 Å². The first-order valence-electron chi connectivity index (χ1n) is 8.52. The molecule has 0 saturated carbocycles. The Labute approximate surface area is 152 Å². The molecule has 1 aromatic rings. The second kappa shape index (κ2) is 7.40. The van der Waals surface area contributed by atoms with Crippen molar-refractivity contribution in [1.82, 2.24) is 10.2 Å². The number of hydrogen-bond acceptors (Lipinski definition) is 3. The molecule has 3 amide bonds. The minimum Gasteiger partial charge on any atom is -0.350 e. The number of halogens is 1. The molecule has 0 aromatic heterocycles. The number of benzene rings is 1. The summed E-state index contributed by atoms with van der Waals surface area (Å²) < 4.78 is 0. The third-order valence-corrected chi connectivity index (χ3v) is 5.12. The molecule has 0 bridgehead atoms. The number of fused-ring (bicyclic) bond motifs is 1. The van der Waals surface area contributed by atoms with Gasteiger partial charge in [0.05, 0.1) is 17.9 Å². The van der Waals surface area contributed by atoms with Gasteiger partial charge in [-0.1, -0.05) is 35.9 Å². The Morgan fingerprint density at radius 3 is 2.48 bits per heavy atom. The molecule has 2 aliphatic rings. The van der Waals surface area contributed by atoms with Gasteiger partial charge in [-0.25, -0.2) is 0 Å². The Balaban J connectivity index is 1.54. The van der Waals surface area contributed by atoms with E-state index in [0.29, 0.717) is 17.9 Å². The topological polar surface area (TPSA) is 66.5 Å². The molecule has 1 saturated heterocycles. The maximum absolute atomic E-state index is 12.4. The van der Waals surface area contributed by atoms with E-state index in [4.69, 9.17) is 11.6 Å². The van der Waals surface area contributed by atoms with Crippen LogP contribution in [0.4, 0.5) is 0 Å². The molecule has 0 radical (unpaired) electrons. The Morgan fingerprint density at radius 1 is 1.24 bits per heavy atom. The summed E-state index contributed by atoms with van der Waals surface area (Å²) in [6.07, 6.45) is 5.24. The number of likely N-dealkylation sites (tertiary alicyclic amines) is 1. The van der Waals surface area contributed by atoms with E-state index in [-0.39, 0.29) is 48.6 Å². The van der Waals surface area contributed by atoms with E-state index in [1.54, 1.807) is 12.1 Å². The number of carbonyl (C=O) groups is 3. The van der Waals surface area contributed by atoms with Crippen molar-refractivity contribution in [1.29, 1.82) is 0 Å². The molecule has 3 rings (SSSR count). The van der Waals surface area contributed by atoms with Gasteiger partial charge in [0.2, 0.25) is 17.7 Å². The Hall–Kier alpha value is -2.14. The van der Waals surface area contributed by atoms with Gasteiger partial charge >= 0.3 is 0 Å². The molecule has 6 heteroatoms. The molecule has 1 heterocycles. The van der Waals surface area contributed by atoms with Crippen molar-refractivity contribution >= 4 is 29.3 Å². The average Bonchev–Trinajstić information content (AvgIpc) is 2.84. The molecule has 3 atom stereocenters. The molecule has 3 unspecified atom stereocenters. The minimum absolute atomic E-state index is 0.106. The van der Waals surface area contributed by atoms with Crippen LogP contribution in [0.3, 0.4) is 0 Å². The van der Waals surface area contributed by atoms with Gasteiger partial charge in [-0.15, -0.1) is 0 Å². The van der Waals surface area contributed by atoms with Crippen LogP contribution in [0.2, 0.25) is 5.02 Å². The number of allylic oxidation sites excluding steroid dienone is 2. The molecule has 132 valence electrons. The smallest absolute Gasteiger partial charge is 0.233 e. The van der Waals surface area contributed by atoms with E-state index in [2.05, 4.69) is 5.32 Å². The fraction of sp³-hybridized carbons (Fsp3) is 0.421. The summed E-state index contributed by atoms with van der Waals surface area (Å²) in [5.74, 6) is -0.969. The van der Waals surface area contributed by atoms with Crippen LogP contribution in [0.1, 0.15) is 37.8 Å². The average molecular weight is 361 g/mol. The second-order valence-electron chi connectivity index (χ2n) is 6.58. The van der Waals surface area contributed by atoms with Gasteiger partial charge in [0, 0.05) is 18.0 Å². The van der Waals surface area contributed by atoms with Gasteiger partial charge in [-0.2, -0.15) is 0 Å². The zero-order valence-electron chi connectivity index (χ0n) is 14.1. The lowest BCUT2D eigenvalue weighted by atomic mass is 9.85. The number of nitrogens with one attached hydrogen (secondary N) is 1. The summed E-state index contributed by atoms with van der Waals surface area (Å²) in [5, 5.41) is 3.49. The molecule has 1 N–H and O–H groups in total. The largest absolute Gasteiger partial charge is 0.350 e. The summed E-state index contributed by atoms with van der Waals surface area (Å²) in [4.78, 5) is 38.2. The van der Waals surface area contributed by atoms with E-state index in [9.17, 15) is 14.4 Å². The van der Waals surface area contributed by atoms with Crippen LogP contribution in [0.5, 0.6) is 0 Å². The highest BCUT2D eigenvalue weighted by Gasteiger charge is 2.46. The molecule has 0 spiro atoms. The number of imide groups is 1. The SMILES string of the molecule is CC(NC(=O)CCN1C(=O)C2CC=CCC2C1=O)c1cccc(Cl)c1. The van der Waals surface area contributed by atoms with Crippen LogP contribution in [0.15, 0.2) is 36.4 Å². The van der Waals surface area contributed by atoms with E-state index in [1.807, 2.05) is 31.2 Å². The van der Waals surface area contributed by atoms with Crippen molar-refractivity contribution in [3.63, 3.8) is 0 Å². The lowest BCUT2D eigenvalue weighted by Crippen LogP contribution is -2.36. The summed E-state index contributed by atoms with van der Waals surface area (Å²) in [5.41, 5.74) is 0.909. The van der Waals surface area contributed by atoms with E-state index in [1.165, 1.54) is 4.90 Å². The van der Waals surface area contributed by atoms with Gasteiger partial charge < -0.3 is 5.32 Å². The van der Waals surface area contributed by atoms with Gasteiger partial charge in [0.15, 0.2) is 0 Å². The lowest BCUT2D eigenvalue weighted by molar-refractivity contribution is -0.140. The molecular formula is C19H21ClN2O3. The number of amides is 3. The highest BCUT2D eigenvalue weighted by molar-refractivity contribution is 6.30. The van der Waals surface area contributed by atoms with Crippen molar-refractivity contribution < 1.29 is 14.4 Å². The quantitative estimate of drug-likeness (QED) is 0.648. The Morgan fingerprint density at radius 2 is 1.88 bits per heavy atom. The highest BCUT2D eigenvalue weighted by atomic mass is 35.5. The number of carbonyl (C=O) groups excluding carboxylic acids is 3. The summed E-state index contributed by atoms with van der Waals surface area (Å²) in [7, 11) is 0. The second-order valence-corrected chi connectivity index (χ2v) is 7.01. The summed E-state index contributed by atoms with van der Waals surface area (Å²) >= 11 is 5.97. The third kappa shape index (κ3) is 3.76. The first-order valence-corrected chi connectivity index (χ1v) is 8.90. The van der Waals surface area contributed by atoms with Crippen LogP contribution in [-0.2, 0) is 14.4 Å². The Kier molecular flexibility index (Phi) is 5.23. The van der Waals surface area contributed by atoms with Crippen molar-refractivity contribution in [2.24, 2.45) is 11.8 Å². The van der Waals surface area contributed by atoms with Gasteiger partial charge in [0.1, 0.15) is 0 Å². The molecule has 1 aliphatic heterocycles. The molecule has 5 nitrogen and oxygen atoms in total. The van der Waals surface area contributed by atoms with Crippen LogP contribution < -0.4 is 5.32 Å². The number of hydrogen-bond donors (Lipinski definition) is 1. The van der Waals surface area contributed by atoms with Gasteiger partial charge in [-0.05, 0) is 37.5 Å².